The molecule has 2 aromatic carbocycles. The highest BCUT2D eigenvalue weighted by Crippen LogP contribution is 2.29. The predicted octanol–water partition coefficient (Wildman–Crippen LogP) is 4.91. The largest absolute Gasteiger partial charge is 0.494 e. The summed E-state index contributed by atoms with van der Waals surface area (Å²) >= 11 is 6.18. The maximum absolute atomic E-state index is 6.18. The Morgan fingerprint density at radius 3 is 2.71 bits per heavy atom. The summed E-state index contributed by atoms with van der Waals surface area (Å²) in [5, 5.41) is 4.20. The average Bonchev–Trinajstić information content (AvgIpc) is 2.49. The Kier molecular flexibility index (Phi) is 6.09. The van der Waals surface area contributed by atoms with Gasteiger partial charge in [-0.15, -0.1) is 0 Å². The fourth-order valence-electron chi connectivity index (χ4n) is 2.29. The predicted molar refractivity (Wildman–Crippen MR) is 90.1 cm³/mol. The van der Waals surface area contributed by atoms with Crippen LogP contribution in [0.3, 0.4) is 0 Å². The van der Waals surface area contributed by atoms with E-state index in [-0.39, 0.29) is 0 Å². The van der Waals surface area contributed by atoms with Gasteiger partial charge in [0.1, 0.15) is 5.75 Å². The number of nitrogens with one attached hydrogen (secondary N) is 1. The second-order valence-corrected chi connectivity index (χ2v) is 5.38. The van der Waals surface area contributed by atoms with Crippen molar-refractivity contribution in [1.29, 1.82) is 0 Å². The zero-order valence-corrected chi connectivity index (χ0v) is 13.4. The van der Waals surface area contributed by atoms with Crippen molar-refractivity contribution < 1.29 is 4.74 Å². The van der Waals surface area contributed by atoms with Crippen molar-refractivity contribution in [3.63, 3.8) is 0 Å². The van der Waals surface area contributed by atoms with Crippen LogP contribution in [0.4, 0.5) is 0 Å². The standard InChI is InChI=1S/C18H22ClNO/c1-3-10-20-13-15-8-9-16(19)12-18(15)14-6-5-7-17(11-14)21-4-2/h5-9,11-12,20H,3-4,10,13H2,1-2H3. The molecular weight excluding hydrogens is 282 g/mol. The number of benzene rings is 2. The molecule has 2 aromatic rings. The van der Waals surface area contributed by atoms with Crippen LogP contribution in [-0.4, -0.2) is 13.2 Å². The molecule has 0 fully saturated rings. The lowest BCUT2D eigenvalue weighted by Crippen LogP contribution is -2.14. The number of hydrogen-bond acceptors (Lipinski definition) is 2. The van der Waals surface area contributed by atoms with Gasteiger partial charge in [-0.05, 0) is 60.8 Å². The molecule has 2 nitrogen and oxygen atoms in total. The van der Waals surface area contributed by atoms with Gasteiger partial charge < -0.3 is 10.1 Å². The molecule has 0 radical (unpaired) electrons. The van der Waals surface area contributed by atoms with Crippen molar-refractivity contribution in [2.75, 3.05) is 13.2 Å². The molecule has 0 aliphatic rings. The summed E-state index contributed by atoms with van der Waals surface area (Å²) in [5.41, 5.74) is 3.55. The van der Waals surface area contributed by atoms with Crippen molar-refractivity contribution in [2.45, 2.75) is 26.8 Å². The molecule has 0 saturated carbocycles. The molecule has 0 aromatic heterocycles. The van der Waals surface area contributed by atoms with Crippen LogP contribution < -0.4 is 10.1 Å². The van der Waals surface area contributed by atoms with E-state index in [1.807, 2.05) is 31.2 Å². The minimum atomic E-state index is 0.671. The van der Waals surface area contributed by atoms with E-state index < -0.39 is 0 Å². The van der Waals surface area contributed by atoms with Gasteiger partial charge in [-0.25, -0.2) is 0 Å². The summed E-state index contributed by atoms with van der Waals surface area (Å²) in [4.78, 5) is 0. The fourth-order valence-corrected chi connectivity index (χ4v) is 2.46. The zero-order chi connectivity index (χ0) is 15.1. The lowest BCUT2D eigenvalue weighted by Gasteiger charge is -2.12. The summed E-state index contributed by atoms with van der Waals surface area (Å²) in [6.07, 6.45) is 1.13. The van der Waals surface area contributed by atoms with E-state index >= 15 is 0 Å². The lowest BCUT2D eigenvalue weighted by atomic mass is 9.99. The number of ether oxygens (including phenoxy) is 1. The normalized spacial score (nSPS) is 10.6. The molecule has 21 heavy (non-hydrogen) atoms. The van der Waals surface area contributed by atoms with E-state index in [1.54, 1.807) is 0 Å². The van der Waals surface area contributed by atoms with E-state index in [1.165, 1.54) is 5.56 Å². The van der Waals surface area contributed by atoms with Crippen LogP contribution in [-0.2, 0) is 6.54 Å². The minimum Gasteiger partial charge on any atom is -0.494 e. The van der Waals surface area contributed by atoms with Gasteiger partial charge in [0.05, 0.1) is 6.61 Å². The first-order valence-corrected chi connectivity index (χ1v) is 7.84. The Hall–Kier alpha value is -1.51. The van der Waals surface area contributed by atoms with Crippen LogP contribution in [0.1, 0.15) is 25.8 Å². The Balaban J connectivity index is 2.32. The molecule has 0 spiro atoms. The van der Waals surface area contributed by atoms with Crippen LogP contribution >= 0.6 is 11.6 Å². The van der Waals surface area contributed by atoms with E-state index in [2.05, 4.69) is 30.4 Å². The number of rotatable bonds is 7. The highest BCUT2D eigenvalue weighted by atomic mass is 35.5. The molecule has 3 heteroatoms. The zero-order valence-electron chi connectivity index (χ0n) is 12.7. The second-order valence-electron chi connectivity index (χ2n) is 4.94. The van der Waals surface area contributed by atoms with E-state index in [4.69, 9.17) is 16.3 Å². The third kappa shape index (κ3) is 4.48. The van der Waals surface area contributed by atoms with Gasteiger partial charge in [-0.2, -0.15) is 0 Å². The molecule has 0 amide bonds. The molecule has 1 N–H and O–H groups in total. The van der Waals surface area contributed by atoms with Gasteiger partial charge >= 0.3 is 0 Å². The maximum atomic E-state index is 6.18. The Morgan fingerprint density at radius 2 is 1.95 bits per heavy atom. The molecule has 0 saturated heterocycles. The smallest absolute Gasteiger partial charge is 0.119 e. The third-order valence-corrected chi connectivity index (χ3v) is 3.51. The highest BCUT2D eigenvalue weighted by Gasteiger charge is 2.07. The summed E-state index contributed by atoms with van der Waals surface area (Å²) in [7, 11) is 0. The highest BCUT2D eigenvalue weighted by molar-refractivity contribution is 6.30. The molecule has 0 aliphatic heterocycles. The Morgan fingerprint density at radius 1 is 1.10 bits per heavy atom. The van der Waals surface area contributed by atoms with Crippen molar-refractivity contribution in [1.82, 2.24) is 5.32 Å². The third-order valence-electron chi connectivity index (χ3n) is 3.27. The Bertz CT molecular complexity index is 583. The minimum absolute atomic E-state index is 0.671. The SMILES string of the molecule is CCCNCc1ccc(Cl)cc1-c1cccc(OCC)c1. The van der Waals surface area contributed by atoms with Crippen molar-refractivity contribution in [3.05, 3.63) is 53.1 Å². The van der Waals surface area contributed by atoms with E-state index in [9.17, 15) is 0 Å². The van der Waals surface area contributed by atoms with Gasteiger partial charge in [0, 0.05) is 11.6 Å². The summed E-state index contributed by atoms with van der Waals surface area (Å²) in [6.45, 7) is 6.69. The van der Waals surface area contributed by atoms with Crippen molar-refractivity contribution in [3.8, 4) is 16.9 Å². The van der Waals surface area contributed by atoms with Crippen molar-refractivity contribution in [2.24, 2.45) is 0 Å². The van der Waals surface area contributed by atoms with Crippen LogP contribution in [0.2, 0.25) is 5.02 Å². The Labute approximate surface area is 132 Å². The molecular formula is C18H22ClNO. The molecule has 0 atom stereocenters. The van der Waals surface area contributed by atoms with Gasteiger partial charge in [0.25, 0.3) is 0 Å². The van der Waals surface area contributed by atoms with Crippen LogP contribution in [0.15, 0.2) is 42.5 Å². The number of hydrogen-bond donors (Lipinski definition) is 1. The van der Waals surface area contributed by atoms with Gasteiger partial charge in [-0.1, -0.05) is 36.7 Å². The summed E-state index contributed by atoms with van der Waals surface area (Å²) in [6, 6.07) is 14.2. The fraction of sp³-hybridized carbons (Fsp3) is 0.333. The van der Waals surface area contributed by atoms with Crippen LogP contribution in [0, 0.1) is 0 Å². The van der Waals surface area contributed by atoms with Crippen LogP contribution in [0.25, 0.3) is 11.1 Å². The average molecular weight is 304 g/mol. The molecule has 0 bridgehead atoms. The first-order valence-electron chi connectivity index (χ1n) is 7.47. The van der Waals surface area contributed by atoms with E-state index in [0.29, 0.717) is 6.61 Å². The van der Waals surface area contributed by atoms with Gasteiger partial charge in [0.15, 0.2) is 0 Å². The monoisotopic (exact) mass is 303 g/mol. The maximum Gasteiger partial charge on any atom is 0.119 e. The van der Waals surface area contributed by atoms with Gasteiger partial charge in [0.2, 0.25) is 0 Å². The van der Waals surface area contributed by atoms with E-state index in [0.717, 1.165) is 41.4 Å². The summed E-state index contributed by atoms with van der Waals surface area (Å²) < 4.78 is 5.59. The topological polar surface area (TPSA) is 21.3 Å². The van der Waals surface area contributed by atoms with Gasteiger partial charge in [-0.3, -0.25) is 0 Å². The quantitative estimate of drug-likeness (QED) is 0.734. The van der Waals surface area contributed by atoms with Crippen molar-refractivity contribution >= 4 is 11.6 Å². The molecule has 0 aliphatic carbocycles. The number of halogens is 1. The molecule has 112 valence electrons. The molecule has 0 unspecified atom stereocenters. The van der Waals surface area contributed by atoms with Crippen LogP contribution in [0.5, 0.6) is 5.75 Å². The second kappa shape index (κ2) is 8.06. The first kappa shape index (κ1) is 15.9. The lowest BCUT2D eigenvalue weighted by molar-refractivity contribution is 0.340. The molecule has 2 rings (SSSR count). The first-order chi connectivity index (χ1) is 10.2. The summed E-state index contributed by atoms with van der Waals surface area (Å²) in [5.74, 6) is 0.891. The molecule has 0 heterocycles.